The van der Waals surface area contributed by atoms with Crippen LogP contribution in [0.1, 0.15) is 13.8 Å². The Bertz CT molecular complexity index is 404. The van der Waals surface area contributed by atoms with Gasteiger partial charge < -0.3 is 10.2 Å². The normalized spacial score (nSPS) is 11.6. The minimum absolute atomic E-state index is 0.00190. The second kappa shape index (κ2) is 5.09. The molecule has 0 saturated carbocycles. The highest BCUT2D eigenvalue weighted by atomic mass is 16.6. The van der Waals surface area contributed by atoms with Gasteiger partial charge in [0, 0.05) is 18.3 Å². The Morgan fingerprint density at radius 1 is 1.53 bits per heavy atom. The molecule has 0 radical (unpaired) electrons. The Balaban J connectivity index is 2.79. The van der Waals surface area contributed by atoms with E-state index in [2.05, 4.69) is 29.0 Å². The maximum absolute atomic E-state index is 10.8. The van der Waals surface area contributed by atoms with Crippen molar-refractivity contribution in [1.29, 1.82) is 0 Å². The van der Waals surface area contributed by atoms with E-state index >= 15 is 0 Å². The predicted molar refractivity (Wildman–Crippen MR) is 67.1 cm³/mol. The zero-order chi connectivity index (χ0) is 13.1. The third-order valence-electron chi connectivity index (χ3n) is 2.92. The van der Waals surface area contributed by atoms with Gasteiger partial charge in [0.25, 0.3) is 0 Å². The Labute approximate surface area is 101 Å². The number of hydrogen-bond donors (Lipinski definition) is 1. The van der Waals surface area contributed by atoms with Crippen molar-refractivity contribution < 1.29 is 4.92 Å². The van der Waals surface area contributed by atoms with Crippen LogP contribution in [0.4, 0.5) is 11.4 Å². The summed E-state index contributed by atoms with van der Waals surface area (Å²) in [6.45, 7) is 4.74. The van der Waals surface area contributed by atoms with E-state index < -0.39 is 4.92 Å². The standard InChI is InChI=1S/C11H18N4O2/c1-11(2,14(3)4)8-13-9-5-6-12-7-10(9)15(16)17/h5-7H,8H2,1-4H3,(H,12,13). The zero-order valence-corrected chi connectivity index (χ0v) is 10.6. The van der Waals surface area contributed by atoms with Crippen molar-refractivity contribution in [3.05, 3.63) is 28.6 Å². The molecule has 1 aromatic heterocycles. The van der Waals surface area contributed by atoms with Crippen LogP contribution >= 0.6 is 0 Å². The fourth-order valence-electron chi connectivity index (χ4n) is 1.15. The number of nitrogens with zero attached hydrogens (tertiary/aromatic N) is 3. The SMILES string of the molecule is CN(C)C(C)(C)CNc1ccncc1[N+](=O)[O-]. The second-order valence-corrected chi connectivity index (χ2v) is 4.71. The molecule has 0 spiro atoms. The average molecular weight is 238 g/mol. The third kappa shape index (κ3) is 3.39. The van der Waals surface area contributed by atoms with Gasteiger partial charge in [0.1, 0.15) is 11.9 Å². The quantitative estimate of drug-likeness (QED) is 0.625. The molecule has 0 unspecified atom stereocenters. The molecule has 0 bridgehead atoms. The first kappa shape index (κ1) is 13.4. The van der Waals surface area contributed by atoms with Gasteiger partial charge in [0.15, 0.2) is 0 Å². The summed E-state index contributed by atoms with van der Waals surface area (Å²) >= 11 is 0. The summed E-state index contributed by atoms with van der Waals surface area (Å²) in [6, 6.07) is 1.61. The molecular weight excluding hydrogens is 220 g/mol. The molecule has 6 nitrogen and oxygen atoms in total. The minimum Gasteiger partial charge on any atom is -0.378 e. The lowest BCUT2D eigenvalue weighted by Crippen LogP contribution is -2.44. The zero-order valence-electron chi connectivity index (χ0n) is 10.6. The van der Waals surface area contributed by atoms with Crippen LogP contribution in [0.2, 0.25) is 0 Å². The van der Waals surface area contributed by atoms with Crippen LogP contribution < -0.4 is 5.32 Å². The van der Waals surface area contributed by atoms with Crippen LogP contribution in [0.5, 0.6) is 0 Å². The van der Waals surface area contributed by atoms with Crippen LogP contribution in [0.3, 0.4) is 0 Å². The summed E-state index contributed by atoms with van der Waals surface area (Å²) in [5, 5.41) is 13.9. The Morgan fingerprint density at radius 3 is 2.71 bits per heavy atom. The molecule has 94 valence electrons. The molecule has 0 saturated heterocycles. The molecule has 0 amide bonds. The first-order valence-corrected chi connectivity index (χ1v) is 5.34. The van der Waals surface area contributed by atoms with Gasteiger partial charge in [-0.15, -0.1) is 0 Å². The molecule has 6 heteroatoms. The molecule has 0 aliphatic rings. The maximum atomic E-state index is 10.8. The number of likely N-dealkylation sites (N-methyl/N-ethyl adjacent to an activating group) is 1. The molecule has 0 aliphatic heterocycles. The van der Waals surface area contributed by atoms with Gasteiger partial charge in [-0.1, -0.05) is 0 Å². The molecule has 0 aromatic carbocycles. The molecule has 1 rings (SSSR count). The van der Waals surface area contributed by atoms with Gasteiger partial charge in [0.2, 0.25) is 0 Å². The second-order valence-electron chi connectivity index (χ2n) is 4.71. The van der Waals surface area contributed by atoms with E-state index in [9.17, 15) is 10.1 Å². The highest BCUT2D eigenvalue weighted by Gasteiger charge is 2.22. The first-order valence-electron chi connectivity index (χ1n) is 5.34. The highest BCUT2D eigenvalue weighted by molar-refractivity contribution is 5.59. The molecule has 1 heterocycles. The van der Waals surface area contributed by atoms with Crippen molar-refractivity contribution in [1.82, 2.24) is 9.88 Å². The van der Waals surface area contributed by atoms with Gasteiger partial charge in [-0.25, -0.2) is 0 Å². The Hall–Kier alpha value is -1.69. The van der Waals surface area contributed by atoms with Crippen molar-refractivity contribution in [2.24, 2.45) is 0 Å². The Morgan fingerprint density at radius 2 is 2.18 bits per heavy atom. The van der Waals surface area contributed by atoms with Crippen LogP contribution in [-0.2, 0) is 0 Å². The number of nitrogens with one attached hydrogen (secondary N) is 1. The Kier molecular flexibility index (Phi) is 4.01. The fourth-order valence-corrected chi connectivity index (χ4v) is 1.15. The van der Waals surface area contributed by atoms with E-state index in [1.54, 1.807) is 6.07 Å². The van der Waals surface area contributed by atoms with Gasteiger partial charge in [-0.3, -0.25) is 15.1 Å². The van der Waals surface area contributed by atoms with Gasteiger partial charge in [0.05, 0.1) is 4.92 Å². The number of pyridine rings is 1. The number of anilines is 1. The van der Waals surface area contributed by atoms with Gasteiger partial charge in [-0.2, -0.15) is 0 Å². The van der Waals surface area contributed by atoms with E-state index in [0.717, 1.165) is 0 Å². The van der Waals surface area contributed by atoms with Crippen LogP contribution in [-0.4, -0.2) is 41.0 Å². The van der Waals surface area contributed by atoms with Crippen molar-refractivity contribution in [2.75, 3.05) is 26.0 Å². The summed E-state index contributed by atoms with van der Waals surface area (Å²) in [5.41, 5.74) is 0.416. The van der Waals surface area contributed by atoms with Crippen molar-refractivity contribution in [3.8, 4) is 0 Å². The highest BCUT2D eigenvalue weighted by Crippen LogP contribution is 2.23. The van der Waals surface area contributed by atoms with Crippen LogP contribution in [0, 0.1) is 10.1 Å². The summed E-state index contributed by atoms with van der Waals surface area (Å²) in [4.78, 5) is 16.2. The lowest BCUT2D eigenvalue weighted by Gasteiger charge is -2.32. The number of aromatic nitrogens is 1. The molecule has 0 aliphatic carbocycles. The third-order valence-corrected chi connectivity index (χ3v) is 2.92. The largest absolute Gasteiger partial charge is 0.378 e. The average Bonchev–Trinajstić information content (AvgIpc) is 2.26. The molecule has 1 N–H and O–H groups in total. The van der Waals surface area contributed by atoms with E-state index in [4.69, 9.17) is 0 Å². The number of hydrogen-bond acceptors (Lipinski definition) is 5. The predicted octanol–water partition coefficient (Wildman–Crippen LogP) is 1.74. The maximum Gasteiger partial charge on any atom is 0.310 e. The molecule has 17 heavy (non-hydrogen) atoms. The van der Waals surface area contributed by atoms with Crippen LogP contribution in [0.15, 0.2) is 18.5 Å². The van der Waals surface area contributed by atoms with E-state index in [-0.39, 0.29) is 11.2 Å². The molecular formula is C11H18N4O2. The number of nitro groups is 1. The summed E-state index contributed by atoms with van der Waals surface area (Å²) in [6.07, 6.45) is 2.79. The van der Waals surface area contributed by atoms with E-state index in [1.165, 1.54) is 12.4 Å². The number of rotatable bonds is 5. The summed E-state index contributed by atoms with van der Waals surface area (Å²) in [7, 11) is 3.95. The lowest BCUT2D eigenvalue weighted by molar-refractivity contribution is -0.384. The van der Waals surface area contributed by atoms with E-state index in [0.29, 0.717) is 12.2 Å². The molecule has 1 aromatic rings. The monoisotopic (exact) mass is 238 g/mol. The topological polar surface area (TPSA) is 71.3 Å². The summed E-state index contributed by atoms with van der Waals surface area (Å²) in [5.74, 6) is 0. The van der Waals surface area contributed by atoms with Gasteiger partial charge >= 0.3 is 5.69 Å². The van der Waals surface area contributed by atoms with Gasteiger partial charge in [-0.05, 0) is 34.0 Å². The minimum atomic E-state index is -0.433. The smallest absolute Gasteiger partial charge is 0.310 e. The fraction of sp³-hybridized carbons (Fsp3) is 0.545. The van der Waals surface area contributed by atoms with Crippen molar-refractivity contribution in [3.63, 3.8) is 0 Å². The van der Waals surface area contributed by atoms with Crippen molar-refractivity contribution >= 4 is 11.4 Å². The molecule has 0 fully saturated rings. The molecule has 0 atom stereocenters. The lowest BCUT2D eigenvalue weighted by atomic mass is 10.0. The van der Waals surface area contributed by atoms with Crippen LogP contribution in [0.25, 0.3) is 0 Å². The van der Waals surface area contributed by atoms with E-state index in [1.807, 2.05) is 14.1 Å². The summed E-state index contributed by atoms with van der Waals surface area (Å²) < 4.78 is 0. The first-order chi connectivity index (χ1) is 7.84. The van der Waals surface area contributed by atoms with Crippen molar-refractivity contribution in [2.45, 2.75) is 19.4 Å².